The van der Waals surface area contributed by atoms with E-state index >= 15 is 0 Å². The van der Waals surface area contributed by atoms with E-state index in [4.69, 9.17) is 10.6 Å². The molecule has 0 saturated heterocycles. The minimum Gasteiger partial charge on any atom is -0.493 e. The summed E-state index contributed by atoms with van der Waals surface area (Å²) in [5, 5.41) is 3.50. The minimum absolute atomic E-state index is 0.181. The first-order chi connectivity index (χ1) is 10.3. The molecule has 0 fully saturated rings. The molecule has 110 valence electrons. The number of hydrazine groups is 1. The van der Waals surface area contributed by atoms with Crippen molar-refractivity contribution in [2.45, 2.75) is 25.8 Å². The molecule has 1 aliphatic rings. The van der Waals surface area contributed by atoms with Gasteiger partial charge >= 0.3 is 0 Å². The predicted octanol–water partition coefficient (Wildman–Crippen LogP) is 2.26. The molecule has 0 bridgehead atoms. The second kappa shape index (κ2) is 5.97. The van der Waals surface area contributed by atoms with Crippen molar-refractivity contribution < 1.29 is 4.74 Å². The SMILES string of the molecule is CCc1c(NN)ncnc1NC1CCOc2ccccc21. The summed E-state index contributed by atoms with van der Waals surface area (Å²) < 4.78 is 5.69. The van der Waals surface area contributed by atoms with Crippen molar-refractivity contribution in [2.75, 3.05) is 17.3 Å². The summed E-state index contributed by atoms with van der Waals surface area (Å²) >= 11 is 0. The first-order valence-electron chi connectivity index (χ1n) is 7.12. The van der Waals surface area contributed by atoms with Crippen LogP contribution in [0.25, 0.3) is 0 Å². The van der Waals surface area contributed by atoms with Crippen LogP contribution in [-0.2, 0) is 6.42 Å². The van der Waals surface area contributed by atoms with Crippen molar-refractivity contribution in [2.24, 2.45) is 5.84 Å². The molecule has 0 amide bonds. The Morgan fingerprint density at radius 3 is 2.90 bits per heavy atom. The van der Waals surface area contributed by atoms with E-state index in [2.05, 4.69) is 33.7 Å². The third-order valence-corrected chi connectivity index (χ3v) is 3.71. The third-order valence-electron chi connectivity index (χ3n) is 3.71. The van der Waals surface area contributed by atoms with Gasteiger partial charge in [-0.2, -0.15) is 0 Å². The van der Waals surface area contributed by atoms with Crippen molar-refractivity contribution in [3.8, 4) is 5.75 Å². The highest BCUT2D eigenvalue weighted by Gasteiger charge is 2.22. The van der Waals surface area contributed by atoms with Gasteiger partial charge in [0.05, 0.1) is 12.6 Å². The maximum atomic E-state index is 5.69. The standard InChI is InChI=1S/C15H19N5O/c1-2-10-14(17-9-18-15(10)20-16)19-12-7-8-21-13-6-4-3-5-11(12)13/h3-6,9,12H,2,7-8,16H2,1H3,(H2,17,18,19,20). The van der Waals surface area contributed by atoms with E-state index in [9.17, 15) is 0 Å². The van der Waals surface area contributed by atoms with Crippen LogP contribution in [0.2, 0.25) is 0 Å². The lowest BCUT2D eigenvalue weighted by molar-refractivity contribution is 0.274. The van der Waals surface area contributed by atoms with Gasteiger partial charge in [0.25, 0.3) is 0 Å². The summed E-state index contributed by atoms with van der Waals surface area (Å²) in [5.74, 6) is 7.94. The molecule has 6 heteroatoms. The molecule has 1 aromatic carbocycles. The van der Waals surface area contributed by atoms with Crippen LogP contribution in [0.4, 0.5) is 11.6 Å². The molecule has 4 N–H and O–H groups in total. The lowest BCUT2D eigenvalue weighted by Crippen LogP contribution is -2.22. The second-order valence-electron chi connectivity index (χ2n) is 4.92. The van der Waals surface area contributed by atoms with E-state index in [-0.39, 0.29) is 6.04 Å². The van der Waals surface area contributed by atoms with Gasteiger partial charge in [0.2, 0.25) is 0 Å². The number of para-hydroxylation sites is 1. The van der Waals surface area contributed by atoms with Crippen LogP contribution < -0.4 is 21.3 Å². The third kappa shape index (κ3) is 2.62. The number of nitrogen functional groups attached to an aromatic ring is 1. The normalized spacial score (nSPS) is 16.8. The smallest absolute Gasteiger partial charge is 0.148 e. The monoisotopic (exact) mass is 285 g/mol. The molecule has 1 aromatic heterocycles. The van der Waals surface area contributed by atoms with Gasteiger partial charge in [0.15, 0.2) is 0 Å². The molecule has 2 heterocycles. The molecular weight excluding hydrogens is 266 g/mol. The Morgan fingerprint density at radius 1 is 1.29 bits per heavy atom. The molecule has 0 saturated carbocycles. The van der Waals surface area contributed by atoms with Gasteiger partial charge in [0.1, 0.15) is 23.7 Å². The van der Waals surface area contributed by atoms with Crippen molar-refractivity contribution >= 4 is 11.6 Å². The maximum Gasteiger partial charge on any atom is 0.148 e. The average molecular weight is 285 g/mol. The summed E-state index contributed by atoms with van der Waals surface area (Å²) in [6, 6.07) is 8.27. The van der Waals surface area contributed by atoms with Crippen LogP contribution in [0.15, 0.2) is 30.6 Å². The lowest BCUT2D eigenvalue weighted by atomic mass is 10.0. The van der Waals surface area contributed by atoms with Crippen LogP contribution >= 0.6 is 0 Å². The molecule has 1 aliphatic heterocycles. The molecule has 0 aliphatic carbocycles. The topological polar surface area (TPSA) is 85.1 Å². The molecule has 0 spiro atoms. The number of nitrogens with one attached hydrogen (secondary N) is 2. The number of fused-ring (bicyclic) bond motifs is 1. The number of anilines is 2. The molecule has 2 aromatic rings. The van der Waals surface area contributed by atoms with Gasteiger partial charge in [-0.1, -0.05) is 25.1 Å². The largest absolute Gasteiger partial charge is 0.493 e. The van der Waals surface area contributed by atoms with E-state index in [1.165, 1.54) is 6.33 Å². The van der Waals surface area contributed by atoms with E-state index in [1.807, 2.05) is 18.2 Å². The first-order valence-corrected chi connectivity index (χ1v) is 7.12. The molecular formula is C15H19N5O. The Hall–Kier alpha value is -2.34. The molecule has 0 radical (unpaired) electrons. The van der Waals surface area contributed by atoms with Crippen molar-refractivity contribution in [3.63, 3.8) is 0 Å². The van der Waals surface area contributed by atoms with Crippen LogP contribution in [0.3, 0.4) is 0 Å². The van der Waals surface area contributed by atoms with Gasteiger partial charge in [-0.3, -0.25) is 0 Å². The van der Waals surface area contributed by atoms with Crippen LogP contribution in [0.5, 0.6) is 5.75 Å². The van der Waals surface area contributed by atoms with E-state index in [0.717, 1.165) is 35.5 Å². The summed E-state index contributed by atoms with van der Waals surface area (Å²) in [7, 11) is 0. The van der Waals surface area contributed by atoms with Gasteiger partial charge in [-0.05, 0) is 12.5 Å². The van der Waals surface area contributed by atoms with Gasteiger partial charge in [-0.25, -0.2) is 15.8 Å². The zero-order valence-electron chi connectivity index (χ0n) is 12.0. The van der Waals surface area contributed by atoms with Gasteiger partial charge in [0, 0.05) is 17.5 Å². The number of hydrogen-bond acceptors (Lipinski definition) is 6. The van der Waals surface area contributed by atoms with E-state index in [0.29, 0.717) is 12.4 Å². The number of rotatable bonds is 4. The summed E-state index contributed by atoms with van der Waals surface area (Å²) in [4.78, 5) is 8.52. The number of hydrogen-bond donors (Lipinski definition) is 3. The second-order valence-corrected chi connectivity index (χ2v) is 4.92. The number of aromatic nitrogens is 2. The minimum atomic E-state index is 0.181. The van der Waals surface area contributed by atoms with Crippen molar-refractivity contribution in [1.29, 1.82) is 0 Å². The highest BCUT2D eigenvalue weighted by Crippen LogP contribution is 2.34. The Morgan fingerprint density at radius 2 is 2.10 bits per heavy atom. The van der Waals surface area contributed by atoms with Crippen LogP contribution in [-0.4, -0.2) is 16.6 Å². The maximum absolute atomic E-state index is 5.69. The highest BCUT2D eigenvalue weighted by molar-refractivity contribution is 5.58. The van der Waals surface area contributed by atoms with Crippen LogP contribution in [0, 0.1) is 0 Å². The van der Waals surface area contributed by atoms with Gasteiger partial charge < -0.3 is 15.5 Å². The molecule has 3 rings (SSSR count). The quantitative estimate of drug-likeness (QED) is 0.590. The number of benzene rings is 1. The Bertz CT molecular complexity index is 631. The fourth-order valence-corrected chi connectivity index (χ4v) is 2.65. The summed E-state index contributed by atoms with van der Waals surface area (Å²) in [5.41, 5.74) is 4.78. The van der Waals surface area contributed by atoms with Crippen molar-refractivity contribution in [1.82, 2.24) is 9.97 Å². The lowest BCUT2D eigenvalue weighted by Gasteiger charge is -2.27. The zero-order chi connectivity index (χ0) is 14.7. The molecule has 1 unspecified atom stereocenters. The fraction of sp³-hybridized carbons (Fsp3) is 0.333. The molecule has 21 heavy (non-hydrogen) atoms. The van der Waals surface area contributed by atoms with Crippen molar-refractivity contribution in [3.05, 3.63) is 41.7 Å². The fourth-order valence-electron chi connectivity index (χ4n) is 2.65. The Labute approximate surface area is 123 Å². The van der Waals surface area contributed by atoms with E-state index < -0.39 is 0 Å². The van der Waals surface area contributed by atoms with E-state index in [1.54, 1.807) is 0 Å². The van der Waals surface area contributed by atoms with Gasteiger partial charge in [-0.15, -0.1) is 0 Å². The summed E-state index contributed by atoms with van der Waals surface area (Å²) in [6.07, 6.45) is 3.21. The van der Waals surface area contributed by atoms with Crippen LogP contribution in [0.1, 0.15) is 30.5 Å². The first kappa shape index (κ1) is 13.6. The Kier molecular flexibility index (Phi) is 3.87. The number of nitrogens with two attached hydrogens (primary N) is 1. The molecule has 6 nitrogen and oxygen atoms in total. The average Bonchev–Trinajstić information content (AvgIpc) is 2.55. The number of ether oxygens (including phenoxy) is 1. The highest BCUT2D eigenvalue weighted by atomic mass is 16.5. The number of nitrogens with zero attached hydrogens (tertiary/aromatic N) is 2. The zero-order valence-corrected chi connectivity index (χ0v) is 12.0. The predicted molar refractivity (Wildman–Crippen MR) is 82.1 cm³/mol. The Balaban J connectivity index is 1.92. The summed E-state index contributed by atoms with van der Waals surface area (Å²) in [6.45, 7) is 2.76. The molecule has 1 atom stereocenters.